The number of thioether (sulfide) groups is 1. The monoisotopic (exact) mass is 296 g/mol. The molecule has 1 atom stereocenters. The molecule has 20 heavy (non-hydrogen) atoms. The summed E-state index contributed by atoms with van der Waals surface area (Å²) in [6.07, 6.45) is 1.31. The van der Waals surface area contributed by atoms with Gasteiger partial charge in [0.15, 0.2) is 11.5 Å². The zero-order chi connectivity index (χ0) is 14.4. The predicted octanol–water partition coefficient (Wildman–Crippen LogP) is 3.28. The summed E-state index contributed by atoms with van der Waals surface area (Å²) in [5.41, 5.74) is 0. The molecule has 110 valence electrons. The number of carbonyl (C=O) groups is 1. The van der Waals surface area contributed by atoms with E-state index in [4.69, 9.17) is 14.2 Å². The van der Waals surface area contributed by atoms with E-state index in [0.29, 0.717) is 26.2 Å². The van der Waals surface area contributed by atoms with Gasteiger partial charge in [0.1, 0.15) is 0 Å². The fraction of sp³-hybridized carbons (Fsp3) is 0.533. The average molecular weight is 296 g/mol. The van der Waals surface area contributed by atoms with Crippen molar-refractivity contribution in [2.45, 2.75) is 36.8 Å². The highest BCUT2D eigenvalue weighted by Gasteiger charge is 2.14. The van der Waals surface area contributed by atoms with Crippen molar-refractivity contribution in [3.8, 4) is 11.5 Å². The van der Waals surface area contributed by atoms with Crippen LogP contribution in [-0.4, -0.2) is 31.0 Å². The zero-order valence-electron chi connectivity index (χ0n) is 11.9. The number of carbonyl (C=O) groups excluding carboxylic acids is 1. The van der Waals surface area contributed by atoms with E-state index < -0.39 is 0 Å². The standard InChI is InChI=1S/C15H20O4S/c1-3-17-15(16)9-11(2)20-12-5-6-13-14(10-12)19-8-4-7-18-13/h5-6,10-11H,3-4,7-9H2,1-2H3. The first kappa shape index (κ1) is 15.0. The lowest BCUT2D eigenvalue weighted by atomic mass is 10.3. The van der Waals surface area contributed by atoms with Crippen LogP contribution in [0.2, 0.25) is 0 Å². The number of esters is 1. The highest BCUT2D eigenvalue weighted by molar-refractivity contribution is 8.00. The fourth-order valence-electron chi connectivity index (χ4n) is 1.95. The molecule has 0 bridgehead atoms. The number of hydrogen-bond donors (Lipinski definition) is 0. The first-order valence-corrected chi connectivity index (χ1v) is 7.79. The summed E-state index contributed by atoms with van der Waals surface area (Å²) < 4.78 is 16.2. The van der Waals surface area contributed by atoms with Crippen molar-refractivity contribution < 1.29 is 19.0 Å². The summed E-state index contributed by atoms with van der Waals surface area (Å²) in [6.45, 7) is 5.64. The van der Waals surface area contributed by atoms with Gasteiger partial charge in [-0.1, -0.05) is 6.92 Å². The fourth-order valence-corrected chi connectivity index (χ4v) is 2.95. The van der Waals surface area contributed by atoms with Gasteiger partial charge >= 0.3 is 5.97 Å². The Bertz CT molecular complexity index is 461. The van der Waals surface area contributed by atoms with Crippen molar-refractivity contribution in [2.24, 2.45) is 0 Å². The van der Waals surface area contributed by atoms with Crippen LogP contribution in [-0.2, 0) is 9.53 Å². The minimum Gasteiger partial charge on any atom is -0.490 e. The second kappa shape index (κ2) is 7.43. The minimum absolute atomic E-state index is 0.151. The third-order valence-electron chi connectivity index (χ3n) is 2.82. The molecule has 1 heterocycles. The van der Waals surface area contributed by atoms with E-state index in [-0.39, 0.29) is 11.2 Å². The maximum atomic E-state index is 11.4. The molecule has 0 saturated carbocycles. The molecule has 0 fully saturated rings. The minimum atomic E-state index is -0.151. The molecule has 1 aromatic rings. The summed E-state index contributed by atoms with van der Waals surface area (Å²) in [5, 5.41) is 0.166. The molecular formula is C15H20O4S. The van der Waals surface area contributed by atoms with E-state index in [9.17, 15) is 4.79 Å². The number of fused-ring (bicyclic) bond motifs is 1. The Labute approximate surface area is 123 Å². The molecule has 1 aliphatic rings. The van der Waals surface area contributed by atoms with Crippen molar-refractivity contribution >= 4 is 17.7 Å². The molecule has 1 aromatic carbocycles. The number of ether oxygens (including phenoxy) is 3. The Balaban J connectivity index is 1.96. The molecule has 0 aromatic heterocycles. The van der Waals surface area contributed by atoms with Gasteiger partial charge in [0.2, 0.25) is 0 Å². The zero-order valence-corrected chi connectivity index (χ0v) is 12.7. The van der Waals surface area contributed by atoms with Gasteiger partial charge < -0.3 is 14.2 Å². The molecule has 4 nitrogen and oxygen atoms in total. The van der Waals surface area contributed by atoms with Crippen molar-refractivity contribution in [1.82, 2.24) is 0 Å². The van der Waals surface area contributed by atoms with Crippen molar-refractivity contribution in [1.29, 1.82) is 0 Å². The van der Waals surface area contributed by atoms with Gasteiger partial charge in [-0.3, -0.25) is 4.79 Å². The van der Waals surface area contributed by atoms with Crippen LogP contribution in [0.15, 0.2) is 23.1 Å². The van der Waals surface area contributed by atoms with Gasteiger partial charge in [0.25, 0.3) is 0 Å². The van der Waals surface area contributed by atoms with E-state index in [1.165, 1.54) is 0 Å². The molecule has 0 saturated heterocycles. The molecule has 0 aliphatic carbocycles. The van der Waals surface area contributed by atoms with Crippen LogP contribution in [0.4, 0.5) is 0 Å². The maximum Gasteiger partial charge on any atom is 0.306 e. The third-order valence-corrected chi connectivity index (χ3v) is 3.91. The van der Waals surface area contributed by atoms with Gasteiger partial charge in [0.05, 0.1) is 26.2 Å². The van der Waals surface area contributed by atoms with Gasteiger partial charge in [-0.05, 0) is 25.1 Å². The lowest BCUT2D eigenvalue weighted by Crippen LogP contribution is -2.10. The topological polar surface area (TPSA) is 44.8 Å². The van der Waals surface area contributed by atoms with E-state index >= 15 is 0 Å². The SMILES string of the molecule is CCOC(=O)CC(C)Sc1ccc2c(c1)OCCCO2. The Hall–Kier alpha value is -1.36. The van der Waals surface area contributed by atoms with E-state index in [0.717, 1.165) is 22.8 Å². The van der Waals surface area contributed by atoms with Gasteiger partial charge in [-0.2, -0.15) is 0 Å². The molecule has 1 aliphatic heterocycles. The number of rotatable bonds is 5. The maximum absolute atomic E-state index is 11.4. The first-order chi connectivity index (χ1) is 9.69. The Morgan fingerprint density at radius 3 is 2.85 bits per heavy atom. The highest BCUT2D eigenvalue weighted by atomic mass is 32.2. The number of benzene rings is 1. The summed E-state index contributed by atoms with van der Waals surface area (Å²) in [7, 11) is 0. The summed E-state index contributed by atoms with van der Waals surface area (Å²) >= 11 is 1.64. The van der Waals surface area contributed by atoms with E-state index in [2.05, 4.69) is 0 Å². The second-order valence-corrected chi connectivity index (χ2v) is 6.11. The molecule has 0 N–H and O–H groups in total. The van der Waals surface area contributed by atoms with Crippen LogP contribution >= 0.6 is 11.8 Å². The Kier molecular flexibility index (Phi) is 5.59. The molecule has 0 amide bonds. The summed E-state index contributed by atoms with van der Waals surface area (Å²) in [6, 6.07) is 5.91. The van der Waals surface area contributed by atoms with Crippen LogP contribution < -0.4 is 9.47 Å². The van der Waals surface area contributed by atoms with Crippen LogP contribution in [0.3, 0.4) is 0 Å². The summed E-state index contributed by atoms with van der Waals surface area (Å²) in [5.74, 6) is 1.43. The lowest BCUT2D eigenvalue weighted by Gasteiger charge is -2.12. The molecule has 2 rings (SSSR count). The van der Waals surface area contributed by atoms with Crippen molar-refractivity contribution in [3.05, 3.63) is 18.2 Å². The van der Waals surface area contributed by atoms with Crippen LogP contribution in [0.5, 0.6) is 11.5 Å². The second-order valence-electron chi connectivity index (χ2n) is 4.60. The van der Waals surface area contributed by atoms with Gasteiger partial charge in [-0.25, -0.2) is 0 Å². The highest BCUT2D eigenvalue weighted by Crippen LogP contribution is 2.35. The third kappa shape index (κ3) is 4.34. The Morgan fingerprint density at radius 2 is 2.10 bits per heavy atom. The normalized spacial score (nSPS) is 15.3. The molecule has 5 heteroatoms. The predicted molar refractivity (Wildman–Crippen MR) is 78.6 cm³/mol. The summed E-state index contributed by atoms with van der Waals surface area (Å²) in [4.78, 5) is 12.5. The van der Waals surface area contributed by atoms with Gasteiger partial charge in [-0.15, -0.1) is 11.8 Å². The van der Waals surface area contributed by atoms with Crippen molar-refractivity contribution in [3.63, 3.8) is 0 Å². The van der Waals surface area contributed by atoms with Crippen LogP contribution in [0, 0.1) is 0 Å². The molecule has 0 spiro atoms. The molecular weight excluding hydrogens is 276 g/mol. The van der Waals surface area contributed by atoms with Gasteiger partial charge in [0, 0.05) is 16.6 Å². The smallest absolute Gasteiger partial charge is 0.306 e. The molecule has 0 radical (unpaired) electrons. The Morgan fingerprint density at radius 1 is 1.35 bits per heavy atom. The van der Waals surface area contributed by atoms with E-state index in [1.807, 2.05) is 32.0 Å². The average Bonchev–Trinajstić information content (AvgIpc) is 2.63. The lowest BCUT2D eigenvalue weighted by molar-refractivity contribution is -0.142. The van der Waals surface area contributed by atoms with Crippen molar-refractivity contribution in [2.75, 3.05) is 19.8 Å². The largest absolute Gasteiger partial charge is 0.490 e. The first-order valence-electron chi connectivity index (χ1n) is 6.91. The number of hydrogen-bond acceptors (Lipinski definition) is 5. The molecule has 1 unspecified atom stereocenters. The van der Waals surface area contributed by atoms with E-state index in [1.54, 1.807) is 11.8 Å². The quantitative estimate of drug-likeness (QED) is 0.616. The van der Waals surface area contributed by atoms with Crippen LogP contribution in [0.25, 0.3) is 0 Å². The van der Waals surface area contributed by atoms with Crippen LogP contribution in [0.1, 0.15) is 26.7 Å².